The van der Waals surface area contributed by atoms with Crippen LogP contribution in [0.4, 0.5) is 0 Å². The fourth-order valence-electron chi connectivity index (χ4n) is 2.44. The summed E-state index contributed by atoms with van der Waals surface area (Å²) in [6.07, 6.45) is 3.60. The summed E-state index contributed by atoms with van der Waals surface area (Å²) in [5, 5.41) is 3.25. The molecule has 2 heterocycles. The van der Waals surface area contributed by atoms with Gasteiger partial charge in [-0.3, -0.25) is 4.79 Å². The number of hydrogen-bond acceptors (Lipinski definition) is 4. The number of carbonyl (C=O) groups excluding carboxylic acids is 1. The Kier molecular flexibility index (Phi) is 5.41. The second kappa shape index (κ2) is 7.07. The Morgan fingerprint density at radius 2 is 2.11 bits per heavy atom. The Morgan fingerprint density at radius 3 is 2.78 bits per heavy atom. The Balaban J connectivity index is 1.69. The summed E-state index contributed by atoms with van der Waals surface area (Å²) >= 11 is 0. The van der Waals surface area contributed by atoms with Gasteiger partial charge in [0.25, 0.3) is 0 Å². The van der Waals surface area contributed by atoms with E-state index in [-0.39, 0.29) is 18.1 Å². The molecule has 5 heteroatoms. The maximum absolute atomic E-state index is 12.2. The standard InChI is InChI=1S/C13H24N2O3/c1-11(13(16)15-5-3-2-4-6-15)14-9-12-10-17-7-8-18-12/h11-12,14H,2-10H2,1H3. The van der Waals surface area contributed by atoms with E-state index in [0.717, 1.165) is 25.9 Å². The predicted molar refractivity (Wildman–Crippen MR) is 68.5 cm³/mol. The van der Waals surface area contributed by atoms with Gasteiger partial charge in [-0.25, -0.2) is 0 Å². The molecular weight excluding hydrogens is 232 g/mol. The van der Waals surface area contributed by atoms with Gasteiger partial charge in [0.05, 0.1) is 32.0 Å². The zero-order valence-electron chi connectivity index (χ0n) is 11.2. The highest BCUT2D eigenvalue weighted by atomic mass is 16.6. The van der Waals surface area contributed by atoms with Gasteiger partial charge < -0.3 is 19.7 Å². The molecule has 0 spiro atoms. The lowest BCUT2D eigenvalue weighted by molar-refractivity contribution is -0.134. The molecule has 2 saturated heterocycles. The lowest BCUT2D eigenvalue weighted by Crippen LogP contribution is -2.49. The minimum Gasteiger partial charge on any atom is -0.376 e. The molecule has 2 atom stereocenters. The van der Waals surface area contributed by atoms with Crippen molar-refractivity contribution < 1.29 is 14.3 Å². The summed E-state index contributed by atoms with van der Waals surface area (Å²) in [6.45, 7) is 6.39. The van der Waals surface area contributed by atoms with Gasteiger partial charge in [0, 0.05) is 19.6 Å². The van der Waals surface area contributed by atoms with Crippen molar-refractivity contribution in [3.05, 3.63) is 0 Å². The highest BCUT2D eigenvalue weighted by Crippen LogP contribution is 2.10. The summed E-state index contributed by atoms with van der Waals surface area (Å²) in [6, 6.07) is -0.131. The number of piperidine rings is 1. The van der Waals surface area contributed by atoms with Crippen molar-refractivity contribution in [2.24, 2.45) is 0 Å². The van der Waals surface area contributed by atoms with Gasteiger partial charge in [-0.2, -0.15) is 0 Å². The van der Waals surface area contributed by atoms with Crippen LogP contribution in [0.2, 0.25) is 0 Å². The molecule has 0 radical (unpaired) electrons. The van der Waals surface area contributed by atoms with Crippen molar-refractivity contribution in [3.63, 3.8) is 0 Å². The van der Waals surface area contributed by atoms with Crippen LogP contribution in [0.15, 0.2) is 0 Å². The number of amides is 1. The van der Waals surface area contributed by atoms with Crippen molar-refractivity contribution in [2.75, 3.05) is 39.5 Å². The first-order chi connectivity index (χ1) is 8.77. The van der Waals surface area contributed by atoms with E-state index in [1.165, 1.54) is 6.42 Å². The van der Waals surface area contributed by atoms with Gasteiger partial charge in [0.1, 0.15) is 0 Å². The molecule has 2 unspecified atom stereocenters. The Bertz CT molecular complexity index is 261. The molecule has 2 fully saturated rings. The van der Waals surface area contributed by atoms with Crippen LogP contribution in [0.25, 0.3) is 0 Å². The van der Waals surface area contributed by atoms with Crippen LogP contribution in [0.1, 0.15) is 26.2 Å². The van der Waals surface area contributed by atoms with E-state index in [2.05, 4.69) is 5.32 Å². The predicted octanol–water partition coefficient (Wildman–Crippen LogP) is 0.392. The molecule has 1 N–H and O–H groups in total. The third-order valence-electron chi connectivity index (χ3n) is 3.57. The maximum Gasteiger partial charge on any atom is 0.239 e. The number of ether oxygens (including phenoxy) is 2. The number of hydrogen-bond donors (Lipinski definition) is 1. The third kappa shape index (κ3) is 3.93. The van der Waals surface area contributed by atoms with E-state index >= 15 is 0 Å². The number of carbonyl (C=O) groups is 1. The summed E-state index contributed by atoms with van der Waals surface area (Å²) in [5.41, 5.74) is 0. The van der Waals surface area contributed by atoms with E-state index in [9.17, 15) is 4.79 Å². The topological polar surface area (TPSA) is 50.8 Å². The number of nitrogens with zero attached hydrogens (tertiary/aromatic N) is 1. The molecular formula is C13H24N2O3. The van der Waals surface area contributed by atoms with Gasteiger partial charge in [-0.1, -0.05) is 0 Å². The minimum atomic E-state index is -0.131. The molecule has 0 aromatic carbocycles. The number of rotatable bonds is 4. The minimum absolute atomic E-state index is 0.0790. The molecule has 2 rings (SSSR count). The third-order valence-corrected chi connectivity index (χ3v) is 3.57. The highest BCUT2D eigenvalue weighted by molar-refractivity contribution is 5.81. The zero-order valence-corrected chi connectivity index (χ0v) is 11.2. The first-order valence-corrected chi connectivity index (χ1v) is 6.99. The Labute approximate surface area is 109 Å². The summed E-state index contributed by atoms with van der Waals surface area (Å²) in [5.74, 6) is 0.214. The van der Waals surface area contributed by atoms with Crippen LogP contribution < -0.4 is 5.32 Å². The second-order valence-corrected chi connectivity index (χ2v) is 5.08. The van der Waals surface area contributed by atoms with Crippen LogP contribution in [0.3, 0.4) is 0 Å². The largest absolute Gasteiger partial charge is 0.376 e. The van der Waals surface area contributed by atoms with E-state index in [0.29, 0.717) is 26.4 Å². The number of nitrogens with one attached hydrogen (secondary N) is 1. The fourth-order valence-corrected chi connectivity index (χ4v) is 2.44. The molecule has 2 aliphatic rings. The van der Waals surface area contributed by atoms with Crippen molar-refractivity contribution in [2.45, 2.75) is 38.3 Å². The maximum atomic E-state index is 12.2. The molecule has 5 nitrogen and oxygen atoms in total. The van der Waals surface area contributed by atoms with Crippen LogP contribution in [0.5, 0.6) is 0 Å². The Morgan fingerprint density at radius 1 is 1.33 bits per heavy atom. The van der Waals surface area contributed by atoms with Gasteiger partial charge >= 0.3 is 0 Å². The van der Waals surface area contributed by atoms with Crippen LogP contribution in [0, 0.1) is 0 Å². The average molecular weight is 256 g/mol. The van der Waals surface area contributed by atoms with Gasteiger partial charge in [-0.15, -0.1) is 0 Å². The van der Waals surface area contributed by atoms with Crippen LogP contribution >= 0.6 is 0 Å². The number of likely N-dealkylation sites (tertiary alicyclic amines) is 1. The van der Waals surface area contributed by atoms with Crippen molar-refractivity contribution >= 4 is 5.91 Å². The molecule has 0 bridgehead atoms. The average Bonchev–Trinajstić information content (AvgIpc) is 2.46. The van der Waals surface area contributed by atoms with Crippen molar-refractivity contribution in [3.8, 4) is 0 Å². The van der Waals surface area contributed by atoms with Crippen molar-refractivity contribution in [1.82, 2.24) is 10.2 Å². The molecule has 0 aliphatic carbocycles. The quantitative estimate of drug-likeness (QED) is 0.790. The second-order valence-electron chi connectivity index (χ2n) is 5.08. The summed E-state index contributed by atoms with van der Waals surface area (Å²) in [7, 11) is 0. The SMILES string of the molecule is CC(NCC1COCCO1)C(=O)N1CCCCC1. The summed E-state index contributed by atoms with van der Waals surface area (Å²) in [4.78, 5) is 14.1. The lowest BCUT2D eigenvalue weighted by atomic mass is 10.1. The first kappa shape index (κ1) is 13.8. The van der Waals surface area contributed by atoms with Gasteiger partial charge in [0.2, 0.25) is 5.91 Å². The monoisotopic (exact) mass is 256 g/mol. The smallest absolute Gasteiger partial charge is 0.239 e. The molecule has 0 saturated carbocycles. The van der Waals surface area contributed by atoms with Crippen LogP contribution in [-0.4, -0.2) is 62.4 Å². The normalized spacial score (nSPS) is 26.9. The fraction of sp³-hybridized carbons (Fsp3) is 0.923. The van der Waals surface area contributed by atoms with Crippen molar-refractivity contribution in [1.29, 1.82) is 0 Å². The highest BCUT2D eigenvalue weighted by Gasteiger charge is 2.23. The molecule has 2 aliphatic heterocycles. The van der Waals surface area contributed by atoms with E-state index in [1.807, 2.05) is 11.8 Å². The molecule has 1 amide bonds. The lowest BCUT2D eigenvalue weighted by Gasteiger charge is -2.30. The Hall–Kier alpha value is -0.650. The van der Waals surface area contributed by atoms with E-state index in [1.54, 1.807) is 0 Å². The van der Waals surface area contributed by atoms with Gasteiger partial charge in [0.15, 0.2) is 0 Å². The molecule has 104 valence electrons. The molecule has 0 aromatic rings. The van der Waals surface area contributed by atoms with Gasteiger partial charge in [-0.05, 0) is 26.2 Å². The van der Waals surface area contributed by atoms with E-state index < -0.39 is 0 Å². The molecule has 18 heavy (non-hydrogen) atoms. The van der Waals surface area contributed by atoms with Crippen LogP contribution in [-0.2, 0) is 14.3 Å². The summed E-state index contributed by atoms with van der Waals surface area (Å²) < 4.78 is 10.9. The molecule has 0 aromatic heterocycles. The zero-order chi connectivity index (χ0) is 12.8. The first-order valence-electron chi connectivity index (χ1n) is 6.99. The van der Waals surface area contributed by atoms with E-state index in [4.69, 9.17) is 9.47 Å².